The molecular weight excluding hydrogens is 396 g/mol. The van der Waals surface area contributed by atoms with E-state index in [9.17, 15) is 19.2 Å². The van der Waals surface area contributed by atoms with Crippen molar-refractivity contribution in [1.29, 1.82) is 0 Å². The summed E-state index contributed by atoms with van der Waals surface area (Å²) in [6.45, 7) is 1.90. The molecule has 0 atom stereocenters. The Morgan fingerprint density at radius 3 is 2.29 bits per heavy atom. The van der Waals surface area contributed by atoms with Crippen molar-refractivity contribution in [2.75, 3.05) is 25.5 Å². The van der Waals surface area contributed by atoms with Gasteiger partial charge in [0.05, 0.1) is 11.1 Å². The molecule has 0 bridgehead atoms. The summed E-state index contributed by atoms with van der Waals surface area (Å²) in [4.78, 5) is 51.7. The van der Waals surface area contributed by atoms with Crippen LogP contribution >= 0.6 is 0 Å². The highest BCUT2D eigenvalue weighted by Crippen LogP contribution is 2.24. The summed E-state index contributed by atoms with van der Waals surface area (Å²) < 4.78 is 0. The average Bonchev–Trinajstić information content (AvgIpc) is 3.02. The Balaban J connectivity index is 1.32. The standard InChI is InChI=1S/C23H24N4O4/c1-26-21(29)18-10-9-17(13-19(18)22(26)30)25-23(31)24-14-15-5-7-16(8-6-15)20(28)27-11-3-2-4-12-27/h5-10,13H,2-4,11-12,14H2,1H3,(H2,24,25,31). The third-order valence-corrected chi connectivity index (χ3v) is 5.64. The molecule has 0 aliphatic carbocycles. The molecule has 2 aromatic rings. The monoisotopic (exact) mass is 420 g/mol. The van der Waals surface area contributed by atoms with E-state index < -0.39 is 6.03 Å². The lowest BCUT2D eigenvalue weighted by Gasteiger charge is -2.26. The minimum Gasteiger partial charge on any atom is -0.339 e. The van der Waals surface area contributed by atoms with E-state index in [0.29, 0.717) is 16.8 Å². The van der Waals surface area contributed by atoms with Crippen molar-refractivity contribution < 1.29 is 19.2 Å². The van der Waals surface area contributed by atoms with Crippen LogP contribution in [0.5, 0.6) is 0 Å². The first kappa shape index (κ1) is 20.6. The van der Waals surface area contributed by atoms with Gasteiger partial charge in [0.25, 0.3) is 17.7 Å². The van der Waals surface area contributed by atoms with E-state index in [0.717, 1.165) is 36.4 Å². The number of carbonyl (C=O) groups is 4. The Bertz CT molecular complexity index is 1040. The highest BCUT2D eigenvalue weighted by molar-refractivity contribution is 6.21. The number of anilines is 1. The highest BCUT2D eigenvalue weighted by atomic mass is 16.2. The smallest absolute Gasteiger partial charge is 0.319 e. The van der Waals surface area contributed by atoms with E-state index in [2.05, 4.69) is 10.6 Å². The van der Waals surface area contributed by atoms with Crippen molar-refractivity contribution >= 4 is 29.4 Å². The van der Waals surface area contributed by atoms with Gasteiger partial charge in [-0.1, -0.05) is 12.1 Å². The second-order valence-electron chi connectivity index (χ2n) is 7.79. The highest BCUT2D eigenvalue weighted by Gasteiger charge is 2.32. The van der Waals surface area contributed by atoms with Gasteiger partial charge in [0.1, 0.15) is 0 Å². The summed E-state index contributed by atoms with van der Waals surface area (Å²) in [5, 5.41) is 5.42. The van der Waals surface area contributed by atoms with Crippen LogP contribution in [0.2, 0.25) is 0 Å². The molecule has 0 radical (unpaired) electrons. The molecule has 1 fully saturated rings. The van der Waals surface area contributed by atoms with Crippen LogP contribution in [0, 0.1) is 0 Å². The van der Waals surface area contributed by atoms with E-state index in [1.807, 2.05) is 17.0 Å². The predicted octanol–water partition coefficient (Wildman–Crippen LogP) is 2.86. The number of nitrogens with zero attached hydrogens (tertiary/aromatic N) is 2. The van der Waals surface area contributed by atoms with Gasteiger partial charge in [-0.05, 0) is 55.2 Å². The van der Waals surface area contributed by atoms with Crippen molar-refractivity contribution in [3.8, 4) is 0 Å². The first-order valence-electron chi connectivity index (χ1n) is 10.3. The van der Waals surface area contributed by atoms with E-state index in [1.54, 1.807) is 18.2 Å². The molecule has 8 nitrogen and oxygen atoms in total. The summed E-state index contributed by atoms with van der Waals surface area (Å²) in [5.74, 6) is -0.686. The second kappa shape index (κ2) is 8.59. The summed E-state index contributed by atoms with van der Waals surface area (Å²) in [6.07, 6.45) is 3.27. The van der Waals surface area contributed by atoms with Crippen molar-refractivity contribution in [2.24, 2.45) is 0 Å². The zero-order valence-electron chi connectivity index (χ0n) is 17.3. The molecule has 31 heavy (non-hydrogen) atoms. The van der Waals surface area contributed by atoms with E-state index in [1.165, 1.54) is 25.6 Å². The molecule has 2 aliphatic heterocycles. The van der Waals surface area contributed by atoms with Gasteiger partial charge in [-0.3, -0.25) is 19.3 Å². The molecule has 0 aromatic heterocycles. The lowest BCUT2D eigenvalue weighted by molar-refractivity contribution is 0.0690. The number of fused-ring (bicyclic) bond motifs is 1. The maximum Gasteiger partial charge on any atom is 0.319 e. The maximum atomic E-state index is 12.5. The summed E-state index contributed by atoms with van der Waals surface area (Å²) >= 11 is 0. The molecular formula is C23H24N4O4. The van der Waals surface area contributed by atoms with Crippen LogP contribution in [0.15, 0.2) is 42.5 Å². The number of hydrogen-bond donors (Lipinski definition) is 2. The molecule has 8 heteroatoms. The zero-order chi connectivity index (χ0) is 22.0. The zero-order valence-corrected chi connectivity index (χ0v) is 17.3. The number of benzene rings is 2. The number of imide groups is 1. The number of likely N-dealkylation sites (tertiary alicyclic amines) is 1. The van der Waals surface area contributed by atoms with E-state index in [-0.39, 0.29) is 29.8 Å². The molecule has 4 rings (SSSR count). The van der Waals surface area contributed by atoms with Crippen LogP contribution in [0.4, 0.5) is 10.5 Å². The second-order valence-corrected chi connectivity index (χ2v) is 7.79. The van der Waals surface area contributed by atoms with Crippen molar-refractivity contribution in [3.63, 3.8) is 0 Å². The third kappa shape index (κ3) is 4.28. The van der Waals surface area contributed by atoms with E-state index >= 15 is 0 Å². The first-order chi connectivity index (χ1) is 14.9. The lowest BCUT2D eigenvalue weighted by atomic mass is 10.1. The van der Waals surface area contributed by atoms with Crippen LogP contribution in [0.25, 0.3) is 0 Å². The molecule has 0 unspecified atom stereocenters. The summed E-state index contributed by atoms with van der Waals surface area (Å²) in [6, 6.07) is 11.4. The van der Waals surface area contributed by atoms with Crippen molar-refractivity contribution in [3.05, 3.63) is 64.7 Å². The number of nitrogens with one attached hydrogen (secondary N) is 2. The van der Waals surface area contributed by atoms with Gasteiger partial charge in [0.2, 0.25) is 0 Å². The number of rotatable bonds is 4. The van der Waals surface area contributed by atoms with Gasteiger partial charge in [-0.15, -0.1) is 0 Å². The number of piperidine rings is 1. The molecule has 2 N–H and O–H groups in total. The Labute approximate surface area is 180 Å². The van der Waals surface area contributed by atoms with Crippen LogP contribution in [0.1, 0.15) is 55.9 Å². The normalized spacial score (nSPS) is 15.6. The van der Waals surface area contributed by atoms with Crippen LogP contribution < -0.4 is 10.6 Å². The third-order valence-electron chi connectivity index (χ3n) is 5.64. The van der Waals surface area contributed by atoms with Crippen molar-refractivity contribution in [1.82, 2.24) is 15.1 Å². The van der Waals surface area contributed by atoms with Gasteiger partial charge in [-0.2, -0.15) is 0 Å². The fourth-order valence-electron chi connectivity index (χ4n) is 3.84. The van der Waals surface area contributed by atoms with Gasteiger partial charge in [0, 0.05) is 37.9 Å². The molecule has 1 saturated heterocycles. The van der Waals surface area contributed by atoms with Gasteiger partial charge >= 0.3 is 6.03 Å². The molecule has 2 aliphatic rings. The summed E-state index contributed by atoms with van der Waals surface area (Å²) in [7, 11) is 1.43. The SMILES string of the molecule is CN1C(=O)c2ccc(NC(=O)NCc3ccc(C(=O)N4CCCCC4)cc3)cc2C1=O. The van der Waals surface area contributed by atoms with Crippen LogP contribution in [-0.2, 0) is 6.54 Å². The predicted molar refractivity (Wildman–Crippen MR) is 115 cm³/mol. The summed E-state index contributed by atoms with van der Waals surface area (Å²) in [5.41, 5.74) is 2.55. The van der Waals surface area contributed by atoms with Gasteiger partial charge < -0.3 is 15.5 Å². The van der Waals surface area contributed by atoms with E-state index in [4.69, 9.17) is 0 Å². The fraction of sp³-hybridized carbons (Fsp3) is 0.304. The molecule has 160 valence electrons. The largest absolute Gasteiger partial charge is 0.339 e. The number of urea groups is 1. The first-order valence-corrected chi connectivity index (χ1v) is 10.3. The number of hydrogen-bond acceptors (Lipinski definition) is 4. The molecule has 5 amide bonds. The maximum absolute atomic E-state index is 12.5. The average molecular weight is 420 g/mol. The van der Waals surface area contributed by atoms with Crippen molar-refractivity contribution in [2.45, 2.75) is 25.8 Å². The Hall–Kier alpha value is -3.68. The number of carbonyl (C=O) groups excluding carboxylic acids is 4. The number of amides is 5. The molecule has 2 heterocycles. The van der Waals surface area contributed by atoms with Crippen LogP contribution in [-0.4, -0.2) is 53.7 Å². The minimum atomic E-state index is -0.432. The van der Waals surface area contributed by atoms with Gasteiger partial charge in [-0.25, -0.2) is 4.79 Å². The molecule has 2 aromatic carbocycles. The quantitative estimate of drug-likeness (QED) is 0.743. The topological polar surface area (TPSA) is 98.8 Å². The Morgan fingerprint density at radius 1 is 0.903 bits per heavy atom. The molecule has 0 spiro atoms. The molecule has 0 saturated carbocycles. The van der Waals surface area contributed by atoms with Crippen LogP contribution in [0.3, 0.4) is 0 Å². The lowest BCUT2D eigenvalue weighted by Crippen LogP contribution is -2.35. The minimum absolute atomic E-state index is 0.0484. The van der Waals surface area contributed by atoms with Gasteiger partial charge in [0.15, 0.2) is 0 Å². The Kier molecular flexibility index (Phi) is 5.70. The Morgan fingerprint density at radius 2 is 1.58 bits per heavy atom. The fourth-order valence-corrected chi connectivity index (χ4v) is 3.84.